The number of nitrogens with zero attached hydrogens (tertiary/aromatic N) is 3. The van der Waals surface area contributed by atoms with E-state index in [1.54, 1.807) is 12.1 Å². The van der Waals surface area contributed by atoms with Crippen molar-refractivity contribution in [2.24, 2.45) is 0 Å². The molecule has 0 bridgehead atoms. The first-order chi connectivity index (χ1) is 16.8. The Morgan fingerprint density at radius 2 is 2.09 bits per heavy atom. The Morgan fingerprint density at radius 1 is 1.29 bits per heavy atom. The van der Waals surface area contributed by atoms with Crippen LogP contribution in [0, 0.1) is 24.1 Å². The summed E-state index contributed by atoms with van der Waals surface area (Å²) in [5.41, 5.74) is 2.39. The smallest absolute Gasteiger partial charge is 0.255 e. The van der Waals surface area contributed by atoms with Gasteiger partial charge in [-0.15, -0.1) is 0 Å². The quantitative estimate of drug-likeness (QED) is 0.670. The lowest BCUT2D eigenvalue weighted by molar-refractivity contribution is -0.145. The molecule has 2 aliphatic heterocycles. The van der Waals surface area contributed by atoms with Crippen LogP contribution in [-0.2, 0) is 16.1 Å². The summed E-state index contributed by atoms with van der Waals surface area (Å²) < 4.78 is 19.2. The van der Waals surface area contributed by atoms with E-state index < -0.39 is 11.7 Å². The summed E-state index contributed by atoms with van der Waals surface area (Å²) in [6.07, 6.45) is 1.41. The van der Waals surface area contributed by atoms with Gasteiger partial charge in [-0.1, -0.05) is 11.6 Å². The number of rotatable bonds is 5. The first-order valence-corrected chi connectivity index (χ1v) is 12.1. The standard InChI is InChI=1S/C26H28ClFN4O3/c1-16-14-31(7-8-32(16)26(34)24-4-3-9-35-24)15-20-11-21(27)12-23(17(20)2)30-25(33)18-5-6-22(28)19(10-18)13-29/h5-6,10-12,16,24H,3-4,7-9,14-15H2,1-2H3,(H,30,33)/t16-,24?/m0/s1. The van der Waals surface area contributed by atoms with Crippen molar-refractivity contribution in [3.05, 3.63) is 63.4 Å². The van der Waals surface area contributed by atoms with E-state index in [0.29, 0.717) is 30.4 Å². The average molecular weight is 499 g/mol. The molecule has 35 heavy (non-hydrogen) atoms. The molecule has 2 fully saturated rings. The molecule has 1 N–H and O–H groups in total. The van der Waals surface area contributed by atoms with Gasteiger partial charge in [0.2, 0.25) is 0 Å². The highest BCUT2D eigenvalue weighted by Crippen LogP contribution is 2.28. The minimum absolute atomic E-state index is 0.0620. The Labute approximate surface area is 209 Å². The van der Waals surface area contributed by atoms with Crippen LogP contribution in [-0.4, -0.2) is 60.0 Å². The Kier molecular flexibility index (Phi) is 7.70. The Morgan fingerprint density at radius 3 is 2.77 bits per heavy atom. The number of anilines is 1. The summed E-state index contributed by atoms with van der Waals surface area (Å²) in [5, 5.41) is 12.4. The number of ether oxygens (including phenoxy) is 1. The summed E-state index contributed by atoms with van der Waals surface area (Å²) in [6, 6.07) is 9.03. The summed E-state index contributed by atoms with van der Waals surface area (Å²) in [7, 11) is 0. The van der Waals surface area contributed by atoms with Crippen LogP contribution in [0.15, 0.2) is 30.3 Å². The molecule has 7 nitrogen and oxygen atoms in total. The second-order valence-electron chi connectivity index (χ2n) is 9.12. The zero-order valence-electron chi connectivity index (χ0n) is 19.8. The van der Waals surface area contributed by atoms with Crippen LogP contribution in [0.2, 0.25) is 5.02 Å². The molecule has 2 amide bonds. The van der Waals surface area contributed by atoms with E-state index in [2.05, 4.69) is 10.2 Å². The van der Waals surface area contributed by atoms with Crippen molar-refractivity contribution in [3.8, 4) is 6.07 Å². The number of nitrogens with one attached hydrogen (secondary N) is 1. The second-order valence-corrected chi connectivity index (χ2v) is 9.55. The number of hydrogen-bond acceptors (Lipinski definition) is 5. The van der Waals surface area contributed by atoms with Crippen molar-refractivity contribution in [1.82, 2.24) is 9.80 Å². The second kappa shape index (κ2) is 10.7. The van der Waals surface area contributed by atoms with Crippen LogP contribution in [0.25, 0.3) is 0 Å². The lowest BCUT2D eigenvalue weighted by Crippen LogP contribution is -2.55. The van der Waals surface area contributed by atoms with E-state index >= 15 is 0 Å². The Hall–Kier alpha value is -2.99. The fraction of sp³-hybridized carbons (Fsp3) is 0.423. The normalized spacial score (nSPS) is 20.5. The molecule has 0 aromatic heterocycles. The van der Waals surface area contributed by atoms with Crippen LogP contribution >= 0.6 is 11.6 Å². The summed E-state index contributed by atoms with van der Waals surface area (Å²) in [6.45, 7) is 7.31. The third-order valence-corrected chi connectivity index (χ3v) is 6.89. The summed E-state index contributed by atoms with van der Waals surface area (Å²) >= 11 is 6.37. The number of hydrogen-bond donors (Lipinski definition) is 1. The maximum atomic E-state index is 13.6. The first kappa shape index (κ1) is 25.1. The fourth-order valence-electron chi connectivity index (χ4n) is 4.68. The number of carbonyl (C=O) groups is 2. The number of carbonyl (C=O) groups excluding carboxylic acids is 2. The van der Waals surface area contributed by atoms with Gasteiger partial charge in [0.1, 0.15) is 18.0 Å². The Bertz CT molecular complexity index is 1180. The third kappa shape index (κ3) is 5.64. The summed E-state index contributed by atoms with van der Waals surface area (Å²) in [5.74, 6) is -1.04. The average Bonchev–Trinajstić information content (AvgIpc) is 3.37. The molecule has 184 valence electrons. The maximum absolute atomic E-state index is 13.6. The topological polar surface area (TPSA) is 85.7 Å². The van der Waals surface area contributed by atoms with E-state index in [4.69, 9.17) is 21.6 Å². The minimum Gasteiger partial charge on any atom is -0.368 e. The van der Waals surface area contributed by atoms with Gasteiger partial charge in [0.15, 0.2) is 0 Å². The highest BCUT2D eigenvalue weighted by atomic mass is 35.5. The molecule has 2 aromatic carbocycles. The number of benzene rings is 2. The zero-order chi connectivity index (χ0) is 25.1. The third-order valence-electron chi connectivity index (χ3n) is 6.67. The molecule has 0 spiro atoms. The predicted octanol–water partition coefficient (Wildman–Crippen LogP) is 4.12. The van der Waals surface area contributed by atoms with Crippen LogP contribution in [0.5, 0.6) is 0 Å². The van der Waals surface area contributed by atoms with E-state index in [1.807, 2.05) is 24.8 Å². The molecule has 2 atom stereocenters. The van der Waals surface area contributed by atoms with Gasteiger partial charge in [0, 0.05) is 55.1 Å². The molecule has 2 heterocycles. The molecular formula is C26H28ClFN4O3. The van der Waals surface area contributed by atoms with Crippen molar-refractivity contribution < 1.29 is 18.7 Å². The van der Waals surface area contributed by atoms with E-state index in [1.165, 1.54) is 12.1 Å². The van der Waals surface area contributed by atoms with Gasteiger partial charge >= 0.3 is 0 Å². The molecular weight excluding hydrogens is 471 g/mol. The highest BCUT2D eigenvalue weighted by molar-refractivity contribution is 6.31. The van der Waals surface area contributed by atoms with Gasteiger partial charge in [-0.2, -0.15) is 5.26 Å². The van der Waals surface area contributed by atoms with Gasteiger partial charge in [-0.3, -0.25) is 14.5 Å². The molecule has 1 unspecified atom stereocenters. The fourth-order valence-corrected chi connectivity index (χ4v) is 4.92. The van der Waals surface area contributed by atoms with E-state index in [0.717, 1.165) is 43.1 Å². The molecule has 2 aliphatic rings. The molecule has 9 heteroatoms. The Balaban J connectivity index is 1.44. The highest BCUT2D eigenvalue weighted by Gasteiger charge is 2.34. The van der Waals surface area contributed by atoms with Crippen LogP contribution in [0.4, 0.5) is 10.1 Å². The molecule has 4 rings (SSSR count). The van der Waals surface area contributed by atoms with Crippen molar-refractivity contribution in [2.45, 2.75) is 45.4 Å². The van der Waals surface area contributed by atoms with Crippen LogP contribution < -0.4 is 5.32 Å². The molecule has 0 radical (unpaired) electrons. The largest absolute Gasteiger partial charge is 0.368 e. The van der Waals surface area contributed by atoms with Gasteiger partial charge < -0.3 is 15.0 Å². The number of piperazine rings is 1. The van der Waals surface area contributed by atoms with Gasteiger partial charge in [0.05, 0.1) is 5.56 Å². The van der Waals surface area contributed by atoms with Gasteiger partial charge in [0.25, 0.3) is 11.8 Å². The molecule has 2 aromatic rings. The maximum Gasteiger partial charge on any atom is 0.255 e. The van der Waals surface area contributed by atoms with Crippen LogP contribution in [0.1, 0.15) is 46.8 Å². The lowest BCUT2D eigenvalue weighted by Gasteiger charge is -2.41. The monoisotopic (exact) mass is 498 g/mol. The SMILES string of the molecule is Cc1c(CN2CCN(C(=O)C3CCCO3)[C@@H](C)C2)cc(Cl)cc1NC(=O)c1ccc(F)c(C#N)c1. The zero-order valence-corrected chi connectivity index (χ0v) is 20.6. The van der Waals surface area contributed by atoms with Crippen molar-refractivity contribution >= 4 is 29.1 Å². The van der Waals surface area contributed by atoms with E-state index in [9.17, 15) is 14.0 Å². The number of amides is 2. The number of nitriles is 1. The molecule has 0 aliphatic carbocycles. The van der Waals surface area contributed by atoms with E-state index in [-0.39, 0.29) is 29.2 Å². The van der Waals surface area contributed by atoms with Crippen molar-refractivity contribution in [1.29, 1.82) is 5.26 Å². The molecule has 2 saturated heterocycles. The lowest BCUT2D eigenvalue weighted by atomic mass is 10.0. The summed E-state index contributed by atoms with van der Waals surface area (Å²) in [4.78, 5) is 29.7. The minimum atomic E-state index is -0.669. The molecule has 0 saturated carbocycles. The number of halogens is 2. The van der Waals surface area contributed by atoms with Crippen molar-refractivity contribution in [3.63, 3.8) is 0 Å². The van der Waals surface area contributed by atoms with Crippen LogP contribution in [0.3, 0.4) is 0 Å². The van der Waals surface area contributed by atoms with Crippen molar-refractivity contribution in [2.75, 3.05) is 31.6 Å². The van der Waals surface area contributed by atoms with Gasteiger partial charge in [-0.05, 0) is 68.1 Å². The van der Waals surface area contributed by atoms with Gasteiger partial charge in [-0.25, -0.2) is 4.39 Å². The first-order valence-electron chi connectivity index (χ1n) is 11.7. The predicted molar refractivity (Wildman–Crippen MR) is 131 cm³/mol.